The lowest BCUT2D eigenvalue weighted by Gasteiger charge is -2.23. The van der Waals surface area contributed by atoms with Crippen LogP contribution in [0, 0.1) is 0 Å². The molecule has 0 bridgehead atoms. The molecule has 0 amide bonds. The van der Waals surface area contributed by atoms with Crippen molar-refractivity contribution in [2.24, 2.45) is 0 Å². The number of aromatic nitrogens is 2. The molecule has 2 aromatic heterocycles. The van der Waals surface area contributed by atoms with Crippen LogP contribution in [0.15, 0.2) is 41.9 Å². The molecule has 3 rings (SSSR count). The lowest BCUT2D eigenvalue weighted by molar-refractivity contribution is 0.111. The molecule has 0 N–H and O–H groups in total. The Morgan fingerprint density at radius 3 is 2.76 bits per heavy atom. The maximum Gasteiger partial charge on any atom is 0.194 e. The van der Waals surface area contributed by atoms with Gasteiger partial charge in [-0.15, -0.1) is 11.3 Å². The van der Waals surface area contributed by atoms with Gasteiger partial charge >= 0.3 is 0 Å². The molecular formula is C20H22N2O2S. The lowest BCUT2D eigenvalue weighted by atomic mass is 9.85. The minimum atomic E-state index is -0.0233. The van der Waals surface area contributed by atoms with Crippen LogP contribution in [0.4, 0.5) is 0 Å². The predicted octanol–water partition coefficient (Wildman–Crippen LogP) is 5.11. The fourth-order valence-corrected chi connectivity index (χ4v) is 3.57. The summed E-state index contributed by atoms with van der Waals surface area (Å²) >= 11 is 1.52. The first-order valence-corrected chi connectivity index (χ1v) is 9.18. The third kappa shape index (κ3) is 3.51. The van der Waals surface area contributed by atoms with Gasteiger partial charge in [-0.25, -0.2) is 4.98 Å². The Bertz CT molecular complexity index is 887. The second-order valence-electron chi connectivity index (χ2n) is 6.83. The number of thiazole rings is 1. The minimum Gasteiger partial charge on any atom is -0.494 e. The number of rotatable bonds is 5. The van der Waals surface area contributed by atoms with Gasteiger partial charge in [-0.05, 0) is 42.7 Å². The first kappa shape index (κ1) is 17.4. The van der Waals surface area contributed by atoms with Crippen molar-refractivity contribution in [3.63, 3.8) is 0 Å². The Hall–Kier alpha value is -2.40. The van der Waals surface area contributed by atoms with Crippen molar-refractivity contribution in [3.8, 4) is 22.1 Å². The summed E-state index contributed by atoms with van der Waals surface area (Å²) in [5.74, 6) is 0.919. The Morgan fingerprint density at radius 2 is 2.08 bits per heavy atom. The van der Waals surface area contributed by atoms with Crippen LogP contribution >= 0.6 is 11.3 Å². The van der Waals surface area contributed by atoms with E-state index in [2.05, 4.69) is 26.8 Å². The monoisotopic (exact) mass is 354 g/mol. The van der Waals surface area contributed by atoms with Gasteiger partial charge in [0.1, 0.15) is 5.75 Å². The highest BCUT2D eigenvalue weighted by molar-refractivity contribution is 7.12. The van der Waals surface area contributed by atoms with Crippen LogP contribution in [0.3, 0.4) is 0 Å². The van der Waals surface area contributed by atoms with E-state index in [9.17, 15) is 4.79 Å². The van der Waals surface area contributed by atoms with Crippen molar-refractivity contribution in [3.05, 3.63) is 53.2 Å². The SMILES string of the molecule is CCOc1ccc(-c2csc(-n3cccc3C=O)n2)cc1C(C)(C)C. The van der Waals surface area contributed by atoms with Crippen molar-refractivity contribution in [1.82, 2.24) is 9.55 Å². The number of benzene rings is 1. The van der Waals surface area contributed by atoms with Gasteiger partial charge in [-0.2, -0.15) is 0 Å². The van der Waals surface area contributed by atoms with Crippen molar-refractivity contribution in [1.29, 1.82) is 0 Å². The fraction of sp³-hybridized carbons (Fsp3) is 0.300. The molecule has 0 spiro atoms. The van der Waals surface area contributed by atoms with Crippen molar-refractivity contribution >= 4 is 17.6 Å². The van der Waals surface area contributed by atoms with E-state index < -0.39 is 0 Å². The molecule has 2 heterocycles. The first-order chi connectivity index (χ1) is 11.9. The molecule has 5 heteroatoms. The third-order valence-corrected chi connectivity index (χ3v) is 4.82. The number of nitrogens with zero attached hydrogens (tertiary/aromatic N) is 2. The van der Waals surface area contributed by atoms with Crippen LogP contribution in [0.25, 0.3) is 16.4 Å². The second-order valence-corrected chi connectivity index (χ2v) is 7.67. The Morgan fingerprint density at radius 1 is 1.28 bits per heavy atom. The van der Waals surface area contributed by atoms with Gasteiger partial charge in [-0.1, -0.05) is 20.8 Å². The van der Waals surface area contributed by atoms with Crippen LogP contribution in [0.1, 0.15) is 43.7 Å². The largest absolute Gasteiger partial charge is 0.494 e. The summed E-state index contributed by atoms with van der Waals surface area (Å²) in [6.45, 7) is 9.17. The average Bonchev–Trinajstić information content (AvgIpc) is 3.23. The van der Waals surface area contributed by atoms with Crippen LogP contribution in [-0.4, -0.2) is 22.4 Å². The number of hydrogen-bond donors (Lipinski definition) is 0. The van der Waals surface area contributed by atoms with Crippen molar-refractivity contribution in [2.45, 2.75) is 33.1 Å². The summed E-state index contributed by atoms with van der Waals surface area (Å²) < 4.78 is 7.59. The normalized spacial score (nSPS) is 11.5. The number of carbonyl (C=O) groups is 1. The molecule has 3 aromatic rings. The highest BCUT2D eigenvalue weighted by Gasteiger charge is 2.20. The zero-order valence-electron chi connectivity index (χ0n) is 14.9. The first-order valence-electron chi connectivity index (χ1n) is 8.30. The Labute approximate surface area is 152 Å². The van der Waals surface area contributed by atoms with Gasteiger partial charge in [-0.3, -0.25) is 9.36 Å². The van der Waals surface area contributed by atoms with Crippen LogP contribution in [0.2, 0.25) is 0 Å². The molecule has 1 aromatic carbocycles. The van der Waals surface area contributed by atoms with E-state index in [0.717, 1.165) is 34.0 Å². The molecule has 0 atom stereocenters. The van der Waals surface area contributed by atoms with Gasteiger partial charge in [0.25, 0.3) is 0 Å². The van der Waals surface area contributed by atoms with Gasteiger partial charge < -0.3 is 4.74 Å². The number of aldehydes is 1. The predicted molar refractivity (Wildman–Crippen MR) is 102 cm³/mol. The third-order valence-electron chi connectivity index (χ3n) is 3.98. The van der Waals surface area contributed by atoms with Gasteiger partial charge in [0.05, 0.1) is 18.0 Å². The van der Waals surface area contributed by atoms with E-state index in [0.29, 0.717) is 12.3 Å². The van der Waals surface area contributed by atoms with Crippen LogP contribution in [0.5, 0.6) is 5.75 Å². The summed E-state index contributed by atoms with van der Waals surface area (Å²) in [7, 11) is 0. The lowest BCUT2D eigenvalue weighted by Crippen LogP contribution is -2.13. The smallest absolute Gasteiger partial charge is 0.194 e. The number of carbonyl (C=O) groups excluding carboxylic acids is 1. The highest BCUT2D eigenvalue weighted by Crippen LogP contribution is 2.35. The van der Waals surface area contributed by atoms with E-state index in [4.69, 9.17) is 9.72 Å². The van der Waals surface area contributed by atoms with Crippen molar-refractivity contribution in [2.75, 3.05) is 6.61 Å². The van der Waals surface area contributed by atoms with E-state index >= 15 is 0 Å². The van der Waals surface area contributed by atoms with Crippen LogP contribution < -0.4 is 4.74 Å². The van der Waals surface area contributed by atoms with Crippen molar-refractivity contribution < 1.29 is 9.53 Å². The van der Waals surface area contributed by atoms with Crippen LogP contribution in [-0.2, 0) is 5.41 Å². The van der Waals surface area contributed by atoms with E-state index in [1.807, 2.05) is 36.7 Å². The average molecular weight is 354 g/mol. The Balaban J connectivity index is 2.02. The summed E-state index contributed by atoms with van der Waals surface area (Å²) in [5, 5.41) is 2.81. The zero-order valence-corrected chi connectivity index (χ0v) is 15.8. The van der Waals surface area contributed by atoms with E-state index in [-0.39, 0.29) is 5.41 Å². The molecule has 0 radical (unpaired) electrons. The van der Waals surface area contributed by atoms with Gasteiger partial charge in [0.2, 0.25) is 0 Å². The molecule has 0 unspecified atom stereocenters. The number of hydrogen-bond acceptors (Lipinski definition) is 4. The molecule has 0 aliphatic rings. The summed E-state index contributed by atoms with van der Waals surface area (Å²) in [6, 6.07) is 9.84. The molecule has 0 saturated carbocycles. The molecule has 4 nitrogen and oxygen atoms in total. The van der Waals surface area contributed by atoms with Gasteiger partial charge in [0.15, 0.2) is 11.4 Å². The molecule has 130 valence electrons. The quantitative estimate of drug-likeness (QED) is 0.598. The fourth-order valence-electron chi connectivity index (χ4n) is 2.73. The standard InChI is InChI=1S/C20H22N2O2S/c1-5-24-18-9-8-14(11-16(18)20(2,3)4)17-13-25-19(21-17)22-10-6-7-15(22)12-23/h6-13H,5H2,1-4H3. The van der Waals surface area contributed by atoms with E-state index in [1.54, 1.807) is 10.6 Å². The minimum absolute atomic E-state index is 0.0233. The molecule has 0 aliphatic heterocycles. The highest BCUT2D eigenvalue weighted by atomic mass is 32.1. The summed E-state index contributed by atoms with van der Waals surface area (Å²) in [6.07, 6.45) is 2.70. The topological polar surface area (TPSA) is 44.1 Å². The molecule has 0 aliphatic carbocycles. The van der Waals surface area contributed by atoms with E-state index in [1.165, 1.54) is 11.3 Å². The zero-order chi connectivity index (χ0) is 18.0. The molecule has 25 heavy (non-hydrogen) atoms. The Kier molecular flexibility index (Phi) is 4.77. The molecular weight excluding hydrogens is 332 g/mol. The molecule has 0 saturated heterocycles. The summed E-state index contributed by atoms with van der Waals surface area (Å²) in [4.78, 5) is 15.8. The second kappa shape index (κ2) is 6.84. The maximum atomic E-state index is 11.1. The maximum absolute atomic E-state index is 11.1. The van der Waals surface area contributed by atoms with Gasteiger partial charge in [0, 0.05) is 22.7 Å². The molecule has 0 fully saturated rings. The summed E-state index contributed by atoms with van der Waals surface area (Å²) in [5.41, 5.74) is 3.69. The number of ether oxygens (including phenoxy) is 1.